The summed E-state index contributed by atoms with van der Waals surface area (Å²) in [6, 6.07) is 11.2. The third-order valence-corrected chi connectivity index (χ3v) is 6.81. The zero-order valence-electron chi connectivity index (χ0n) is 17.0. The fraction of sp³-hybridized carbons (Fsp3) is 0.348. The summed E-state index contributed by atoms with van der Waals surface area (Å²) in [5.41, 5.74) is 2.72. The topological polar surface area (TPSA) is 59.6 Å². The number of imidazole rings is 1. The molecule has 1 aliphatic carbocycles. The van der Waals surface area contributed by atoms with Crippen molar-refractivity contribution in [2.24, 2.45) is 7.05 Å². The SMILES string of the molecule is Cn1ccn(-c2ccc(O[C@H]3c4cc(Cl)cc(Cl)c4C[C@H]3N3CC[C@@H](O)C3)cc2)c1=O. The first-order valence-electron chi connectivity index (χ1n) is 10.3. The van der Waals surface area contributed by atoms with Crippen LogP contribution in [0.15, 0.2) is 53.6 Å². The normalized spacial score (nSPS) is 23.3. The second kappa shape index (κ2) is 8.02. The number of fused-ring (bicyclic) bond motifs is 1. The van der Waals surface area contributed by atoms with Crippen molar-refractivity contribution in [3.63, 3.8) is 0 Å². The molecule has 1 fully saturated rings. The highest BCUT2D eigenvalue weighted by atomic mass is 35.5. The third kappa shape index (κ3) is 3.78. The van der Waals surface area contributed by atoms with Crippen LogP contribution in [0.25, 0.3) is 5.69 Å². The number of aryl methyl sites for hydroxylation is 1. The highest BCUT2D eigenvalue weighted by molar-refractivity contribution is 6.35. The molecule has 1 N–H and O–H groups in total. The fourth-order valence-corrected chi connectivity index (χ4v) is 5.23. The molecule has 31 heavy (non-hydrogen) atoms. The molecule has 0 bridgehead atoms. The molecule has 1 aromatic heterocycles. The number of ether oxygens (including phenoxy) is 1. The minimum Gasteiger partial charge on any atom is -0.484 e. The van der Waals surface area contributed by atoms with E-state index in [1.807, 2.05) is 30.3 Å². The number of β-amino-alcohol motifs (C(OH)–C–C–N with tert-alkyl or cyclic N) is 1. The molecule has 1 aliphatic heterocycles. The van der Waals surface area contributed by atoms with Gasteiger partial charge >= 0.3 is 5.69 Å². The first-order valence-corrected chi connectivity index (χ1v) is 11.1. The van der Waals surface area contributed by atoms with Crippen LogP contribution in [-0.4, -0.2) is 44.4 Å². The van der Waals surface area contributed by atoms with E-state index in [-0.39, 0.29) is 23.9 Å². The quantitative estimate of drug-likeness (QED) is 0.647. The first-order chi connectivity index (χ1) is 14.9. The fourth-order valence-electron chi connectivity index (χ4n) is 4.64. The molecule has 2 aromatic carbocycles. The van der Waals surface area contributed by atoms with E-state index >= 15 is 0 Å². The van der Waals surface area contributed by atoms with Gasteiger partial charge in [0.05, 0.1) is 17.8 Å². The number of rotatable bonds is 4. The van der Waals surface area contributed by atoms with Crippen LogP contribution in [0.3, 0.4) is 0 Å². The lowest BCUT2D eigenvalue weighted by molar-refractivity contribution is 0.0818. The van der Waals surface area contributed by atoms with Crippen LogP contribution < -0.4 is 10.4 Å². The van der Waals surface area contributed by atoms with E-state index in [1.54, 1.807) is 30.1 Å². The number of halogens is 2. The van der Waals surface area contributed by atoms with Gasteiger partial charge in [-0.2, -0.15) is 0 Å². The summed E-state index contributed by atoms with van der Waals surface area (Å²) >= 11 is 12.8. The summed E-state index contributed by atoms with van der Waals surface area (Å²) in [5.74, 6) is 0.700. The second-order valence-corrected chi connectivity index (χ2v) is 9.10. The van der Waals surface area contributed by atoms with E-state index in [0.717, 1.165) is 36.2 Å². The molecule has 3 atom stereocenters. The van der Waals surface area contributed by atoms with Gasteiger partial charge in [0, 0.05) is 48.1 Å². The summed E-state index contributed by atoms with van der Waals surface area (Å²) in [6.45, 7) is 1.45. The van der Waals surface area contributed by atoms with Crippen LogP contribution in [-0.2, 0) is 13.5 Å². The van der Waals surface area contributed by atoms with Gasteiger partial charge in [0.15, 0.2) is 0 Å². The van der Waals surface area contributed by atoms with Crippen molar-refractivity contribution in [2.75, 3.05) is 13.1 Å². The lowest BCUT2D eigenvalue weighted by Gasteiger charge is -2.30. The maximum absolute atomic E-state index is 12.2. The third-order valence-electron chi connectivity index (χ3n) is 6.25. The molecule has 3 aromatic rings. The number of aromatic nitrogens is 2. The van der Waals surface area contributed by atoms with Crippen LogP contribution in [0.1, 0.15) is 23.7 Å². The summed E-state index contributed by atoms with van der Waals surface area (Å²) in [7, 11) is 1.72. The van der Waals surface area contributed by atoms with Crippen LogP contribution in [0.4, 0.5) is 0 Å². The molecule has 0 spiro atoms. The Morgan fingerprint density at radius 3 is 2.55 bits per heavy atom. The predicted molar refractivity (Wildman–Crippen MR) is 121 cm³/mol. The molecule has 0 unspecified atom stereocenters. The standard InChI is InChI=1S/C23H23Cl2N3O3/c1-26-8-9-28(23(26)30)15-2-4-17(5-3-15)31-22-19-10-14(24)11-20(25)18(19)12-21(22)27-7-6-16(29)13-27/h2-5,8-11,16,21-22,29H,6-7,12-13H2,1H3/t16-,21-,22+/m1/s1. The van der Waals surface area contributed by atoms with Crippen molar-refractivity contribution in [3.8, 4) is 11.4 Å². The molecule has 0 amide bonds. The molecular formula is C23H23Cl2N3O3. The lowest BCUT2D eigenvalue weighted by atomic mass is 10.1. The van der Waals surface area contributed by atoms with Gasteiger partial charge in [-0.05, 0) is 54.8 Å². The van der Waals surface area contributed by atoms with Crippen molar-refractivity contribution in [1.29, 1.82) is 0 Å². The van der Waals surface area contributed by atoms with Crippen LogP contribution in [0, 0.1) is 0 Å². The molecule has 162 valence electrons. The van der Waals surface area contributed by atoms with Gasteiger partial charge in [0.1, 0.15) is 11.9 Å². The monoisotopic (exact) mass is 459 g/mol. The predicted octanol–water partition coefficient (Wildman–Crippen LogP) is 3.59. The second-order valence-electron chi connectivity index (χ2n) is 8.26. The Morgan fingerprint density at radius 1 is 1.13 bits per heavy atom. The number of hydrogen-bond acceptors (Lipinski definition) is 4. The molecular weight excluding hydrogens is 437 g/mol. The number of aliphatic hydroxyl groups excluding tert-OH is 1. The van der Waals surface area contributed by atoms with Gasteiger partial charge in [-0.1, -0.05) is 23.2 Å². The van der Waals surface area contributed by atoms with E-state index in [4.69, 9.17) is 27.9 Å². The maximum Gasteiger partial charge on any atom is 0.332 e. The Morgan fingerprint density at radius 2 is 1.90 bits per heavy atom. The molecule has 0 saturated carbocycles. The number of nitrogens with zero attached hydrogens (tertiary/aromatic N) is 3. The van der Waals surface area contributed by atoms with Crippen molar-refractivity contribution in [1.82, 2.24) is 14.0 Å². The Labute approximate surface area is 190 Å². The minimum absolute atomic E-state index is 0.0690. The Kier molecular flexibility index (Phi) is 5.34. The summed E-state index contributed by atoms with van der Waals surface area (Å²) in [5, 5.41) is 11.3. The van der Waals surface area contributed by atoms with E-state index in [1.165, 1.54) is 4.57 Å². The van der Waals surface area contributed by atoms with Crippen LogP contribution in [0.5, 0.6) is 5.75 Å². The van der Waals surface area contributed by atoms with Gasteiger partial charge in [0.25, 0.3) is 0 Å². The molecule has 6 nitrogen and oxygen atoms in total. The minimum atomic E-state index is -0.313. The molecule has 8 heteroatoms. The summed E-state index contributed by atoms with van der Waals surface area (Å²) in [6.07, 6.45) is 4.41. The van der Waals surface area contributed by atoms with Crippen LogP contribution >= 0.6 is 23.2 Å². The summed E-state index contributed by atoms with van der Waals surface area (Å²) < 4.78 is 9.58. The van der Waals surface area contributed by atoms with Crippen molar-refractivity contribution in [3.05, 3.63) is 80.4 Å². The van der Waals surface area contributed by atoms with Crippen molar-refractivity contribution >= 4 is 23.2 Å². The Balaban J connectivity index is 1.45. The van der Waals surface area contributed by atoms with Gasteiger partial charge in [-0.3, -0.25) is 9.47 Å². The summed E-state index contributed by atoms with van der Waals surface area (Å²) in [4.78, 5) is 14.5. The average molecular weight is 460 g/mol. The van der Waals surface area contributed by atoms with Gasteiger partial charge in [-0.25, -0.2) is 4.79 Å². The highest BCUT2D eigenvalue weighted by Gasteiger charge is 2.41. The van der Waals surface area contributed by atoms with Crippen LogP contribution in [0.2, 0.25) is 10.0 Å². The van der Waals surface area contributed by atoms with E-state index in [9.17, 15) is 9.90 Å². The number of benzene rings is 2. The van der Waals surface area contributed by atoms with Gasteiger partial charge in [0.2, 0.25) is 0 Å². The van der Waals surface area contributed by atoms with E-state index < -0.39 is 0 Å². The highest BCUT2D eigenvalue weighted by Crippen LogP contribution is 2.43. The first kappa shape index (κ1) is 20.6. The largest absolute Gasteiger partial charge is 0.484 e. The van der Waals surface area contributed by atoms with Crippen molar-refractivity contribution < 1.29 is 9.84 Å². The number of hydrogen-bond donors (Lipinski definition) is 1. The lowest BCUT2D eigenvalue weighted by Crippen LogP contribution is -2.39. The zero-order chi connectivity index (χ0) is 21.7. The van der Waals surface area contributed by atoms with E-state index in [2.05, 4.69) is 4.90 Å². The molecule has 2 heterocycles. The maximum atomic E-state index is 12.2. The number of aliphatic hydroxyl groups is 1. The zero-order valence-corrected chi connectivity index (χ0v) is 18.6. The average Bonchev–Trinajstić information content (AvgIpc) is 3.42. The smallest absolute Gasteiger partial charge is 0.332 e. The number of likely N-dealkylation sites (tertiary alicyclic amines) is 1. The van der Waals surface area contributed by atoms with E-state index in [0.29, 0.717) is 22.3 Å². The molecule has 5 rings (SSSR count). The molecule has 2 aliphatic rings. The Bertz CT molecular complexity index is 1170. The van der Waals surface area contributed by atoms with Crippen molar-refractivity contribution in [2.45, 2.75) is 31.1 Å². The molecule has 0 radical (unpaired) electrons. The Hall–Kier alpha value is -2.25. The van der Waals surface area contributed by atoms with Gasteiger partial charge < -0.3 is 14.4 Å². The van der Waals surface area contributed by atoms with Gasteiger partial charge in [-0.15, -0.1) is 0 Å². The molecule has 1 saturated heterocycles.